The number of fused-ring (bicyclic) bond motifs is 1. The van der Waals surface area contributed by atoms with Crippen molar-refractivity contribution < 1.29 is 9.18 Å². The standard InChI is InChI=1S/C27H22FN5OS2/c1-16-11-14-35-23(16)18-3-5-20(6-4-18)27(34)32-12-13-33-24(17(32)2)30-31-25(33)22-15-36-26(29-22)19-7-9-21(28)10-8-19/h3-11,14-15,17H,12-13H2,1-2H3. The molecule has 180 valence electrons. The first-order chi connectivity index (χ1) is 17.5. The third-order valence-electron chi connectivity index (χ3n) is 6.53. The molecular formula is C27H22FN5OS2. The van der Waals surface area contributed by atoms with Crippen LogP contribution in [0.4, 0.5) is 4.39 Å². The summed E-state index contributed by atoms with van der Waals surface area (Å²) in [7, 11) is 0. The number of thiophene rings is 1. The van der Waals surface area contributed by atoms with E-state index in [1.807, 2.05) is 46.0 Å². The average molecular weight is 516 g/mol. The van der Waals surface area contributed by atoms with Crippen LogP contribution in [0, 0.1) is 12.7 Å². The van der Waals surface area contributed by atoms with E-state index in [1.165, 1.54) is 33.9 Å². The van der Waals surface area contributed by atoms with Crippen molar-refractivity contribution in [2.45, 2.75) is 26.4 Å². The van der Waals surface area contributed by atoms with Crippen molar-refractivity contribution in [1.82, 2.24) is 24.6 Å². The quantitative estimate of drug-likeness (QED) is 0.276. The van der Waals surface area contributed by atoms with Gasteiger partial charge in [0.05, 0.1) is 6.04 Å². The van der Waals surface area contributed by atoms with Gasteiger partial charge in [0.25, 0.3) is 5.91 Å². The van der Waals surface area contributed by atoms with Gasteiger partial charge in [0.15, 0.2) is 11.6 Å². The van der Waals surface area contributed by atoms with E-state index in [-0.39, 0.29) is 17.8 Å². The summed E-state index contributed by atoms with van der Waals surface area (Å²) in [6.45, 7) is 5.22. The fourth-order valence-corrected chi connectivity index (χ4v) is 6.29. The largest absolute Gasteiger partial charge is 0.327 e. The second kappa shape index (κ2) is 9.07. The van der Waals surface area contributed by atoms with Crippen LogP contribution in [0.15, 0.2) is 65.4 Å². The second-order valence-electron chi connectivity index (χ2n) is 8.76. The van der Waals surface area contributed by atoms with Crippen molar-refractivity contribution in [1.29, 1.82) is 0 Å². The Kier molecular flexibility index (Phi) is 5.73. The Hall–Kier alpha value is -3.69. The van der Waals surface area contributed by atoms with Crippen LogP contribution in [0.1, 0.15) is 34.7 Å². The second-order valence-corrected chi connectivity index (χ2v) is 10.5. The highest BCUT2D eigenvalue weighted by Crippen LogP contribution is 2.33. The van der Waals surface area contributed by atoms with E-state index >= 15 is 0 Å². The van der Waals surface area contributed by atoms with E-state index in [1.54, 1.807) is 23.5 Å². The Labute approximate surface area is 215 Å². The first-order valence-corrected chi connectivity index (χ1v) is 13.4. The zero-order chi connectivity index (χ0) is 24.8. The summed E-state index contributed by atoms with van der Waals surface area (Å²) in [6.07, 6.45) is 0. The lowest BCUT2D eigenvalue weighted by Gasteiger charge is -2.33. The Morgan fingerprint density at radius 2 is 1.72 bits per heavy atom. The fraction of sp³-hybridized carbons (Fsp3) is 0.185. The molecule has 0 radical (unpaired) electrons. The molecule has 5 aromatic rings. The Bertz CT molecular complexity index is 1550. The molecule has 0 spiro atoms. The first-order valence-electron chi connectivity index (χ1n) is 11.6. The van der Waals surface area contributed by atoms with Crippen molar-refractivity contribution in [2.24, 2.45) is 0 Å². The number of amides is 1. The molecule has 9 heteroatoms. The number of carbonyl (C=O) groups excluding carboxylic acids is 1. The molecule has 1 unspecified atom stereocenters. The summed E-state index contributed by atoms with van der Waals surface area (Å²) < 4.78 is 15.3. The van der Waals surface area contributed by atoms with E-state index in [4.69, 9.17) is 4.98 Å². The highest BCUT2D eigenvalue weighted by molar-refractivity contribution is 7.14. The van der Waals surface area contributed by atoms with Crippen LogP contribution in [-0.2, 0) is 6.54 Å². The summed E-state index contributed by atoms with van der Waals surface area (Å²) in [6, 6.07) is 16.0. The molecular weight excluding hydrogens is 493 g/mol. The van der Waals surface area contributed by atoms with Crippen LogP contribution in [0.5, 0.6) is 0 Å². The van der Waals surface area contributed by atoms with E-state index < -0.39 is 0 Å². The predicted molar refractivity (Wildman–Crippen MR) is 140 cm³/mol. The number of rotatable bonds is 4. The number of nitrogens with zero attached hydrogens (tertiary/aromatic N) is 5. The van der Waals surface area contributed by atoms with E-state index in [0.29, 0.717) is 24.5 Å². The van der Waals surface area contributed by atoms with Gasteiger partial charge >= 0.3 is 0 Å². The molecule has 1 aliphatic rings. The van der Waals surface area contributed by atoms with Crippen molar-refractivity contribution in [2.75, 3.05) is 6.54 Å². The molecule has 1 aliphatic heterocycles. The summed E-state index contributed by atoms with van der Waals surface area (Å²) in [5.41, 5.74) is 4.61. The smallest absolute Gasteiger partial charge is 0.254 e. The number of hydrogen-bond donors (Lipinski definition) is 0. The van der Waals surface area contributed by atoms with Crippen molar-refractivity contribution >= 4 is 28.6 Å². The summed E-state index contributed by atoms with van der Waals surface area (Å²) in [5.74, 6) is 1.14. The molecule has 1 atom stereocenters. The summed E-state index contributed by atoms with van der Waals surface area (Å²) in [4.78, 5) is 21.2. The lowest BCUT2D eigenvalue weighted by Crippen LogP contribution is -2.41. The van der Waals surface area contributed by atoms with Gasteiger partial charge in [0.1, 0.15) is 16.5 Å². The maximum Gasteiger partial charge on any atom is 0.254 e. The molecule has 0 aliphatic carbocycles. The molecule has 0 saturated heterocycles. The van der Waals surface area contributed by atoms with Crippen LogP contribution in [0.25, 0.3) is 32.5 Å². The van der Waals surface area contributed by atoms with Crippen LogP contribution >= 0.6 is 22.7 Å². The van der Waals surface area contributed by atoms with E-state index in [0.717, 1.165) is 27.7 Å². The molecule has 3 aromatic heterocycles. The van der Waals surface area contributed by atoms with E-state index in [2.05, 4.69) is 28.6 Å². The maximum absolute atomic E-state index is 13.4. The van der Waals surface area contributed by atoms with Gasteiger partial charge in [-0.3, -0.25) is 4.79 Å². The SMILES string of the molecule is Cc1ccsc1-c1ccc(C(=O)N2CCn3c(-c4csc(-c5ccc(F)cc5)n4)nnc3C2C)cc1. The molecule has 2 aromatic carbocycles. The van der Waals surface area contributed by atoms with Crippen molar-refractivity contribution in [3.05, 3.63) is 88.1 Å². The number of carbonyl (C=O) groups is 1. The third kappa shape index (κ3) is 3.94. The number of hydrogen-bond acceptors (Lipinski definition) is 6. The van der Waals surface area contributed by atoms with Gasteiger partial charge in [-0.2, -0.15) is 0 Å². The highest BCUT2D eigenvalue weighted by Gasteiger charge is 2.32. The first kappa shape index (κ1) is 22.8. The molecule has 0 saturated carbocycles. The number of aromatic nitrogens is 4. The van der Waals surface area contributed by atoms with Crippen LogP contribution in [-0.4, -0.2) is 37.1 Å². The van der Waals surface area contributed by atoms with Crippen molar-refractivity contribution in [3.8, 4) is 32.5 Å². The Morgan fingerprint density at radius 1 is 0.972 bits per heavy atom. The predicted octanol–water partition coefficient (Wildman–Crippen LogP) is 6.46. The molecule has 1 amide bonds. The molecule has 0 fully saturated rings. The topological polar surface area (TPSA) is 63.9 Å². The van der Waals surface area contributed by atoms with Gasteiger partial charge in [-0.1, -0.05) is 12.1 Å². The zero-order valence-corrected chi connectivity index (χ0v) is 21.3. The van der Waals surface area contributed by atoms with Gasteiger partial charge in [-0.15, -0.1) is 32.9 Å². The lowest BCUT2D eigenvalue weighted by molar-refractivity contribution is 0.0638. The molecule has 6 rings (SSSR count). The number of aryl methyl sites for hydroxylation is 1. The maximum atomic E-state index is 13.4. The van der Waals surface area contributed by atoms with Crippen LogP contribution in [0.2, 0.25) is 0 Å². The van der Waals surface area contributed by atoms with Crippen LogP contribution in [0.3, 0.4) is 0 Å². The van der Waals surface area contributed by atoms with Gasteiger partial charge in [-0.05, 0) is 72.8 Å². The monoisotopic (exact) mass is 515 g/mol. The minimum atomic E-state index is -0.274. The Balaban J connectivity index is 1.23. The molecule has 0 bridgehead atoms. The molecule has 0 N–H and O–H groups in total. The van der Waals surface area contributed by atoms with Gasteiger partial charge in [-0.25, -0.2) is 9.37 Å². The minimum Gasteiger partial charge on any atom is -0.327 e. The highest BCUT2D eigenvalue weighted by atomic mass is 32.1. The molecule has 4 heterocycles. The van der Waals surface area contributed by atoms with Gasteiger partial charge in [0.2, 0.25) is 0 Å². The van der Waals surface area contributed by atoms with Gasteiger partial charge in [0, 0.05) is 34.5 Å². The van der Waals surface area contributed by atoms with Gasteiger partial charge < -0.3 is 9.47 Å². The molecule has 36 heavy (non-hydrogen) atoms. The lowest BCUT2D eigenvalue weighted by atomic mass is 10.1. The zero-order valence-electron chi connectivity index (χ0n) is 19.7. The Morgan fingerprint density at radius 3 is 2.44 bits per heavy atom. The summed E-state index contributed by atoms with van der Waals surface area (Å²) >= 11 is 3.19. The van der Waals surface area contributed by atoms with Crippen molar-refractivity contribution in [3.63, 3.8) is 0 Å². The minimum absolute atomic E-state index is 0.0139. The fourth-order valence-electron chi connectivity index (χ4n) is 4.55. The average Bonchev–Trinajstić information content (AvgIpc) is 3.64. The normalized spacial score (nSPS) is 15.2. The third-order valence-corrected chi connectivity index (χ3v) is 8.48. The number of benzene rings is 2. The number of thiazole rings is 1. The van der Waals surface area contributed by atoms with E-state index in [9.17, 15) is 9.18 Å². The molecule has 6 nitrogen and oxygen atoms in total. The number of halogens is 1. The van der Waals surface area contributed by atoms with Crippen LogP contribution < -0.4 is 0 Å². The summed E-state index contributed by atoms with van der Waals surface area (Å²) in [5, 5.41) is 13.7.